The van der Waals surface area contributed by atoms with Crippen molar-refractivity contribution in [3.8, 4) is 0 Å². The second kappa shape index (κ2) is 5.01. The van der Waals surface area contributed by atoms with Crippen LogP contribution in [0, 0.1) is 5.41 Å². The molecule has 4 N–H and O–H groups in total. The second-order valence-electron chi connectivity index (χ2n) is 4.55. The van der Waals surface area contributed by atoms with Crippen molar-refractivity contribution in [3.63, 3.8) is 0 Å². The van der Waals surface area contributed by atoms with Gasteiger partial charge in [-0.1, -0.05) is 0 Å². The molecular formula is C11H14IN4OP. The van der Waals surface area contributed by atoms with Crippen LogP contribution >= 0.6 is 28.4 Å². The Morgan fingerprint density at radius 3 is 2.78 bits per heavy atom. The SMILES string of the molecule is CC1(C)Nc2cc(C=N)c(NPI)cc2NC1=O. The van der Waals surface area contributed by atoms with Crippen molar-refractivity contribution in [2.45, 2.75) is 19.4 Å². The van der Waals surface area contributed by atoms with E-state index >= 15 is 0 Å². The molecule has 1 unspecified atom stereocenters. The molecule has 0 radical (unpaired) electrons. The Bertz CT molecular complexity index is 518. The van der Waals surface area contributed by atoms with Crippen LogP contribution in [0.2, 0.25) is 0 Å². The lowest BCUT2D eigenvalue weighted by Gasteiger charge is -2.33. The Balaban J connectivity index is 2.47. The number of hydrogen-bond acceptors (Lipinski definition) is 4. The predicted molar refractivity (Wildman–Crippen MR) is 86.6 cm³/mol. The largest absolute Gasteiger partial charge is 0.370 e. The van der Waals surface area contributed by atoms with Crippen LogP contribution < -0.4 is 15.7 Å². The molecule has 0 spiro atoms. The Morgan fingerprint density at radius 1 is 1.44 bits per heavy atom. The van der Waals surface area contributed by atoms with Gasteiger partial charge in [0.2, 0.25) is 5.91 Å². The zero-order valence-electron chi connectivity index (χ0n) is 10.0. The van der Waals surface area contributed by atoms with Crippen molar-refractivity contribution in [1.29, 1.82) is 5.41 Å². The number of fused-ring (bicyclic) bond motifs is 1. The number of carbonyl (C=O) groups is 1. The summed E-state index contributed by atoms with van der Waals surface area (Å²) in [7, 11) is 0. The smallest absolute Gasteiger partial charge is 0.249 e. The fraction of sp³-hybridized carbons (Fsp3) is 0.273. The summed E-state index contributed by atoms with van der Waals surface area (Å²) in [5, 5.41) is 16.7. The summed E-state index contributed by atoms with van der Waals surface area (Å²) in [5.41, 5.74) is 2.63. The van der Waals surface area contributed by atoms with Gasteiger partial charge in [0.15, 0.2) is 0 Å². The van der Waals surface area contributed by atoms with Crippen LogP contribution in [0.4, 0.5) is 17.1 Å². The highest BCUT2D eigenvalue weighted by atomic mass is 127. The summed E-state index contributed by atoms with van der Waals surface area (Å²) in [5.74, 6) is -0.0551. The topological polar surface area (TPSA) is 77.0 Å². The Morgan fingerprint density at radius 2 is 2.17 bits per heavy atom. The van der Waals surface area contributed by atoms with E-state index in [-0.39, 0.29) is 5.91 Å². The molecule has 5 nitrogen and oxygen atoms in total. The molecule has 18 heavy (non-hydrogen) atoms. The van der Waals surface area contributed by atoms with Crippen LogP contribution in [0.3, 0.4) is 0 Å². The van der Waals surface area contributed by atoms with Gasteiger partial charge < -0.3 is 21.1 Å². The molecule has 1 amide bonds. The minimum Gasteiger partial charge on any atom is -0.370 e. The third-order valence-corrected chi connectivity index (χ3v) is 3.96. The van der Waals surface area contributed by atoms with E-state index in [1.165, 1.54) is 6.21 Å². The number of rotatable bonds is 3. The second-order valence-corrected chi connectivity index (χ2v) is 6.61. The van der Waals surface area contributed by atoms with E-state index in [0.717, 1.165) is 22.6 Å². The quantitative estimate of drug-likeness (QED) is 0.372. The van der Waals surface area contributed by atoms with E-state index in [0.29, 0.717) is 6.37 Å². The summed E-state index contributed by atoms with van der Waals surface area (Å²) >= 11 is 2.23. The molecule has 1 aromatic rings. The van der Waals surface area contributed by atoms with E-state index in [2.05, 4.69) is 37.8 Å². The van der Waals surface area contributed by atoms with Crippen molar-refractivity contribution < 1.29 is 4.79 Å². The molecule has 0 fully saturated rings. The van der Waals surface area contributed by atoms with Gasteiger partial charge in [-0.25, -0.2) is 0 Å². The van der Waals surface area contributed by atoms with Crippen molar-refractivity contribution in [1.82, 2.24) is 0 Å². The van der Waals surface area contributed by atoms with E-state index in [1.54, 1.807) is 0 Å². The first-order valence-electron chi connectivity index (χ1n) is 5.38. The van der Waals surface area contributed by atoms with Gasteiger partial charge in [-0.3, -0.25) is 4.79 Å². The first-order valence-corrected chi connectivity index (χ1v) is 9.49. The third kappa shape index (κ3) is 2.44. The van der Waals surface area contributed by atoms with Gasteiger partial charge in [0.05, 0.1) is 11.4 Å². The van der Waals surface area contributed by atoms with E-state index in [4.69, 9.17) is 5.41 Å². The van der Waals surface area contributed by atoms with Gasteiger partial charge in [0, 0.05) is 23.8 Å². The first-order chi connectivity index (χ1) is 8.47. The molecule has 7 heteroatoms. The van der Waals surface area contributed by atoms with E-state index < -0.39 is 5.54 Å². The normalized spacial score (nSPS) is 16.9. The van der Waals surface area contributed by atoms with E-state index in [1.807, 2.05) is 26.0 Å². The Kier molecular flexibility index (Phi) is 3.77. The number of benzene rings is 1. The average molecular weight is 376 g/mol. The van der Waals surface area contributed by atoms with Crippen LogP contribution in [0.5, 0.6) is 0 Å². The molecule has 96 valence electrons. The molecule has 0 bridgehead atoms. The fourth-order valence-corrected chi connectivity index (χ4v) is 2.96. The van der Waals surface area contributed by atoms with Gasteiger partial charge in [-0.05, 0) is 48.0 Å². The minimum absolute atomic E-state index is 0.0551. The standard InChI is InChI=1S/C11H14IN4OP/c1-11(2)10(17)14-8-4-7(16-18-12)6(5-13)3-9(8)15-11/h3-5,13,15-16,18H,1-2H3,(H,14,17). The van der Waals surface area contributed by atoms with Crippen LogP contribution in [0.1, 0.15) is 19.4 Å². The Labute approximate surface area is 120 Å². The number of carbonyl (C=O) groups excluding carboxylic acids is 1. The van der Waals surface area contributed by atoms with Crippen molar-refractivity contribution in [3.05, 3.63) is 17.7 Å². The van der Waals surface area contributed by atoms with Crippen molar-refractivity contribution in [2.24, 2.45) is 0 Å². The maximum atomic E-state index is 11.9. The summed E-state index contributed by atoms with van der Waals surface area (Å²) in [6.45, 7) is 3.65. The minimum atomic E-state index is -0.633. The van der Waals surface area contributed by atoms with Gasteiger partial charge >= 0.3 is 0 Å². The van der Waals surface area contributed by atoms with Gasteiger partial charge in [-0.15, -0.1) is 0 Å². The summed E-state index contributed by atoms with van der Waals surface area (Å²) in [4.78, 5) is 11.9. The van der Waals surface area contributed by atoms with Crippen LogP contribution in [0.25, 0.3) is 0 Å². The third-order valence-electron chi connectivity index (χ3n) is 2.79. The molecule has 1 aliphatic heterocycles. The van der Waals surface area contributed by atoms with Crippen LogP contribution in [-0.4, -0.2) is 17.7 Å². The van der Waals surface area contributed by atoms with E-state index in [9.17, 15) is 4.79 Å². The molecule has 0 saturated carbocycles. The number of hydrogen-bond donors (Lipinski definition) is 4. The summed E-state index contributed by atoms with van der Waals surface area (Å²) < 4.78 is 0. The molecular weight excluding hydrogens is 362 g/mol. The maximum Gasteiger partial charge on any atom is 0.249 e. The number of halogens is 1. The van der Waals surface area contributed by atoms with Crippen LogP contribution in [0.15, 0.2) is 12.1 Å². The lowest BCUT2D eigenvalue weighted by Crippen LogP contribution is -2.47. The molecule has 2 rings (SSSR count). The highest BCUT2D eigenvalue weighted by molar-refractivity contribution is 14.2. The first kappa shape index (κ1) is 13.5. The number of nitrogens with one attached hydrogen (secondary N) is 4. The lowest BCUT2D eigenvalue weighted by molar-refractivity contribution is -0.119. The van der Waals surface area contributed by atoms with Crippen LogP contribution in [-0.2, 0) is 4.79 Å². The number of amides is 1. The lowest BCUT2D eigenvalue weighted by atomic mass is 9.99. The zero-order valence-corrected chi connectivity index (χ0v) is 13.2. The molecule has 0 saturated heterocycles. The highest BCUT2D eigenvalue weighted by Gasteiger charge is 2.33. The molecule has 1 atom stereocenters. The summed E-state index contributed by atoms with van der Waals surface area (Å²) in [6.07, 6.45) is 1.82. The molecule has 0 aromatic heterocycles. The van der Waals surface area contributed by atoms with Crippen molar-refractivity contribution in [2.75, 3.05) is 15.7 Å². The summed E-state index contributed by atoms with van der Waals surface area (Å²) in [6, 6.07) is 3.74. The maximum absolute atomic E-state index is 11.9. The molecule has 0 aliphatic carbocycles. The van der Waals surface area contributed by atoms with Gasteiger partial charge in [0.25, 0.3) is 0 Å². The highest BCUT2D eigenvalue weighted by Crippen LogP contribution is 2.37. The Hall–Kier alpha value is -0.880. The molecule has 1 aliphatic rings. The fourth-order valence-electron chi connectivity index (χ4n) is 1.77. The number of anilines is 3. The average Bonchev–Trinajstić information content (AvgIpc) is 2.30. The zero-order chi connectivity index (χ0) is 13.3. The van der Waals surface area contributed by atoms with Gasteiger partial charge in [0.1, 0.15) is 5.54 Å². The molecule has 1 heterocycles. The van der Waals surface area contributed by atoms with Crippen molar-refractivity contribution >= 4 is 57.6 Å². The molecule has 1 aromatic carbocycles. The predicted octanol–water partition coefficient (Wildman–Crippen LogP) is 3.18. The van der Waals surface area contributed by atoms with Gasteiger partial charge in [-0.2, -0.15) is 0 Å². The monoisotopic (exact) mass is 376 g/mol.